The molecule has 0 spiro atoms. The summed E-state index contributed by atoms with van der Waals surface area (Å²) < 4.78 is 0. The third kappa shape index (κ3) is 1.68. The van der Waals surface area contributed by atoms with Crippen LogP contribution in [-0.4, -0.2) is 21.7 Å². The topological polar surface area (TPSA) is 53.6 Å². The van der Waals surface area contributed by atoms with Gasteiger partial charge >= 0.3 is 0 Å². The van der Waals surface area contributed by atoms with E-state index in [9.17, 15) is 0 Å². The second kappa shape index (κ2) is 4.09. The Kier molecular flexibility index (Phi) is 2.27. The molecule has 0 saturated heterocycles. The summed E-state index contributed by atoms with van der Waals surface area (Å²) >= 11 is 0. The Hall–Kier alpha value is -2.36. The Morgan fingerprint density at radius 1 is 1.16 bits per heavy atom. The zero-order valence-electron chi connectivity index (χ0n) is 10.5. The van der Waals surface area contributed by atoms with Crippen molar-refractivity contribution >= 4 is 16.6 Å². The largest absolute Gasteiger partial charge is 0.384 e. The summed E-state index contributed by atoms with van der Waals surface area (Å²) in [5.41, 5.74) is 5.40. The maximum Gasteiger partial charge on any atom is 0.102 e. The lowest BCUT2D eigenvalue weighted by Gasteiger charge is -2.17. The van der Waals surface area contributed by atoms with Crippen molar-refractivity contribution in [3.8, 4) is 11.3 Å². The van der Waals surface area contributed by atoms with Gasteiger partial charge in [0, 0.05) is 23.7 Å². The van der Waals surface area contributed by atoms with E-state index in [4.69, 9.17) is 0 Å². The minimum atomic E-state index is 0.971. The number of rotatable bonds is 1. The molecular weight excluding hydrogens is 236 g/mol. The number of aryl methyl sites for hydroxylation is 1. The fourth-order valence-electron chi connectivity index (χ4n) is 2.64. The first-order valence-electron chi connectivity index (χ1n) is 6.58. The Balaban J connectivity index is 1.88. The van der Waals surface area contributed by atoms with Crippen molar-refractivity contribution in [3.63, 3.8) is 0 Å². The Labute approximate surface area is 110 Å². The van der Waals surface area contributed by atoms with Crippen LogP contribution >= 0.6 is 0 Å². The maximum absolute atomic E-state index is 4.57. The number of para-hydroxylation sites is 1. The molecular formula is C15H14N4. The molecule has 1 aromatic carbocycles. The number of aromatic amines is 1. The van der Waals surface area contributed by atoms with E-state index in [-0.39, 0.29) is 0 Å². The molecule has 0 fully saturated rings. The molecule has 4 rings (SSSR count). The molecule has 2 aromatic heterocycles. The molecule has 19 heavy (non-hydrogen) atoms. The second-order valence-electron chi connectivity index (χ2n) is 4.87. The van der Waals surface area contributed by atoms with Gasteiger partial charge in [0.2, 0.25) is 0 Å². The fourth-order valence-corrected chi connectivity index (χ4v) is 2.64. The lowest BCUT2D eigenvalue weighted by Crippen LogP contribution is -2.13. The van der Waals surface area contributed by atoms with E-state index in [1.54, 1.807) is 0 Å². The van der Waals surface area contributed by atoms with E-state index in [2.05, 4.69) is 32.6 Å². The monoisotopic (exact) mass is 250 g/mol. The third-order valence-electron chi connectivity index (χ3n) is 3.62. The van der Waals surface area contributed by atoms with Crippen molar-refractivity contribution in [2.24, 2.45) is 0 Å². The Bertz CT molecular complexity index is 745. The minimum absolute atomic E-state index is 0.971. The van der Waals surface area contributed by atoms with Crippen LogP contribution in [0.5, 0.6) is 0 Å². The van der Waals surface area contributed by atoms with E-state index >= 15 is 0 Å². The van der Waals surface area contributed by atoms with Gasteiger partial charge in [-0.1, -0.05) is 18.2 Å². The van der Waals surface area contributed by atoms with Gasteiger partial charge in [0.05, 0.1) is 16.9 Å². The fraction of sp³-hybridized carbons (Fsp3) is 0.200. The summed E-state index contributed by atoms with van der Waals surface area (Å²) in [6.07, 6.45) is 4.14. The van der Waals surface area contributed by atoms with E-state index in [1.807, 2.05) is 24.4 Å². The van der Waals surface area contributed by atoms with Crippen LogP contribution in [0.25, 0.3) is 22.2 Å². The molecule has 94 valence electrons. The van der Waals surface area contributed by atoms with Crippen molar-refractivity contribution in [1.82, 2.24) is 15.2 Å². The standard InChI is InChI=1S/C15H14N4/c1-2-5-12-11(4-1)15(19-18-12)10-8-14-13(17-9-10)6-3-7-16-14/h1-2,4-5,8-9,16H,3,6-7H2,(H,18,19). The predicted octanol–water partition coefficient (Wildman–Crippen LogP) is 2.98. The van der Waals surface area contributed by atoms with Crippen molar-refractivity contribution in [2.75, 3.05) is 11.9 Å². The first-order chi connectivity index (χ1) is 9.42. The molecule has 1 aliphatic rings. The van der Waals surface area contributed by atoms with Crippen LogP contribution in [0.15, 0.2) is 36.5 Å². The number of nitrogens with one attached hydrogen (secondary N) is 2. The molecule has 0 unspecified atom stereocenters. The van der Waals surface area contributed by atoms with Crippen LogP contribution in [0.2, 0.25) is 0 Å². The van der Waals surface area contributed by atoms with Gasteiger partial charge in [-0.2, -0.15) is 5.10 Å². The normalized spacial score (nSPS) is 14.1. The third-order valence-corrected chi connectivity index (χ3v) is 3.62. The summed E-state index contributed by atoms with van der Waals surface area (Å²) in [6, 6.07) is 10.3. The van der Waals surface area contributed by atoms with Crippen LogP contribution in [0.4, 0.5) is 5.69 Å². The number of nitrogens with zero attached hydrogens (tertiary/aromatic N) is 2. The minimum Gasteiger partial charge on any atom is -0.384 e. The van der Waals surface area contributed by atoms with E-state index in [0.717, 1.165) is 52.9 Å². The highest BCUT2D eigenvalue weighted by Gasteiger charge is 2.13. The quantitative estimate of drug-likeness (QED) is 0.698. The number of hydrogen-bond donors (Lipinski definition) is 2. The number of anilines is 1. The highest BCUT2D eigenvalue weighted by Crippen LogP contribution is 2.29. The molecule has 4 heteroatoms. The molecule has 3 heterocycles. The summed E-state index contributed by atoms with van der Waals surface area (Å²) in [7, 11) is 0. The number of hydrogen-bond acceptors (Lipinski definition) is 3. The molecule has 0 saturated carbocycles. The van der Waals surface area contributed by atoms with E-state index in [0.29, 0.717) is 0 Å². The molecule has 2 N–H and O–H groups in total. The van der Waals surface area contributed by atoms with Gasteiger partial charge in [-0.05, 0) is 25.0 Å². The lowest BCUT2D eigenvalue weighted by atomic mass is 10.1. The zero-order chi connectivity index (χ0) is 12.7. The molecule has 0 atom stereocenters. The Morgan fingerprint density at radius 3 is 3.11 bits per heavy atom. The van der Waals surface area contributed by atoms with Crippen LogP contribution in [0.3, 0.4) is 0 Å². The molecule has 0 amide bonds. The van der Waals surface area contributed by atoms with E-state index in [1.165, 1.54) is 0 Å². The molecule has 0 aliphatic carbocycles. The Morgan fingerprint density at radius 2 is 2.11 bits per heavy atom. The van der Waals surface area contributed by atoms with Crippen LogP contribution < -0.4 is 5.32 Å². The SMILES string of the molecule is c1ccc2c(-c3cnc4c(c3)NCCC4)n[nH]c2c1. The van der Waals surface area contributed by atoms with Crippen LogP contribution in [-0.2, 0) is 6.42 Å². The van der Waals surface area contributed by atoms with Gasteiger partial charge in [-0.3, -0.25) is 10.1 Å². The number of pyridine rings is 1. The summed E-state index contributed by atoms with van der Waals surface area (Å²) in [4.78, 5) is 4.57. The van der Waals surface area contributed by atoms with Gasteiger partial charge < -0.3 is 5.32 Å². The van der Waals surface area contributed by atoms with Crippen LogP contribution in [0, 0.1) is 0 Å². The first-order valence-corrected chi connectivity index (χ1v) is 6.58. The van der Waals surface area contributed by atoms with Gasteiger partial charge in [-0.15, -0.1) is 0 Å². The number of fused-ring (bicyclic) bond motifs is 2. The summed E-state index contributed by atoms with van der Waals surface area (Å²) in [6.45, 7) is 1.03. The number of H-pyrrole nitrogens is 1. The second-order valence-corrected chi connectivity index (χ2v) is 4.87. The zero-order valence-corrected chi connectivity index (χ0v) is 10.5. The lowest BCUT2D eigenvalue weighted by molar-refractivity contribution is 0.802. The average molecular weight is 250 g/mol. The molecule has 3 aromatic rings. The molecule has 0 radical (unpaired) electrons. The van der Waals surface area contributed by atoms with E-state index < -0.39 is 0 Å². The van der Waals surface area contributed by atoms with Gasteiger partial charge in [0.25, 0.3) is 0 Å². The van der Waals surface area contributed by atoms with Crippen molar-refractivity contribution in [1.29, 1.82) is 0 Å². The maximum atomic E-state index is 4.57. The highest BCUT2D eigenvalue weighted by molar-refractivity contribution is 5.93. The molecule has 4 nitrogen and oxygen atoms in total. The van der Waals surface area contributed by atoms with Crippen LogP contribution in [0.1, 0.15) is 12.1 Å². The number of benzene rings is 1. The summed E-state index contributed by atoms with van der Waals surface area (Å²) in [5, 5.41) is 12.0. The highest BCUT2D eigenvalue weighted by atomic mass is 15.1. The summed E-state index contributed by atoms with van der Waals surface area (Å²) in [5.74, 6) is 0. The smallest absolute Gasteiger partial charge is 0.102 e. The molecule has 1 aliphatic heterocycles. The van der Waals surface area contributed by atoms with Crippen molar-refractivity contribution in [3.05, 3.63) is 42.2 Å². The van der Waals surface area contributed by atoms with Gasteiger partial charge in [-0.25, -0.2) is 0 Å². The first kappa shape index (κ1) is 10.6. The molecule has 0 bridgehead atoms. The average Bonchev–Trinajstić information content (AvgIpc) is 2.91. The van der Waals surface area contributed by atoms with Crippen molar-refractivity contribution in [2.45, 2.75) is 12.8 Å². The van der Waals surface area contributed by atoms with Gasteiger partial charge in [0.1, 0.15) is 5.69 Å². The van der Waals surface area contributed by atoms with Gasteiger partial charge in [0.15, 0.2) is 0 Å². The van der Waals surface area contributed by atoms with Crippen molar-refractivity contribution < 1.29 is 0 Å². The predicted molar refractivity (Wildman–Crippen MR) is 76.1 cm³/mol. The number of aromatic nitrogens is 3.